The molecule has 6 heteroatoms. The van der Waals surface area contributed by atoms with Crippen LogP contribution in [0.1, 0.15) is 37.9 Å². The summed E-state index contributed by atoms with van der Waals surface area (Å²) in [4.78, 5) is 24.1. The Bertz CT molecular complexity index is 571. The second-order valence-electron chi connectivity index (χ2n) is 5.30. The van der Waals surface area contributed by atoms with Crippen molar-refractivity contribution in [1.82, 2.24) is 5.43 Å². The molecule has 0 spiro atoms. The molecule has 23 heavy (non-hydrogen) atoms. The lowest BCUT2D eigenvalue weighted by Crippen LogP contribution is -2.29. The molecule has 1 aliphatic rings. The normalized spacial score (nSPS) is 20.3. The topological polar surface area (TPSA) is 77.0 Å². The Labute approximate surface area is 135 Å². The number of amides is 1. The van der Waals surface area contributed by atoms with E-state index in [1.54, 1.807) is 6.92 Å². The number of methoxy groups -OCH3 is 1. The zero-order valence-corrected chi connectivity index (χ0v) is 13.5. The molecule has 1 aromatic rings. The van der Waals surface area contributed by atoms with E-state index in [9.17, 15) is 9.59 Å². The van der Waals surface area contributed by atoms with Crippen LogP contribution in [0.25, 0.3) is 0 Å². The zero-order chi connectivity index (χ0) is 16.7. The summed E-state index contributed by atoms with van der Waals surface area (Å²) in [7, 11) is 1.47. The Kier molecular flexibility index (Phi) is 6.29. The molecule has 0 unspecified atom stereocenters. The maximum atomic E-state index is 12.3. The van der Waals surface area contributed by atoms with Crippen molar-refractivity contribution in [2.24, 2.45) is 11.0 Å². The van der Waals surface area contributed by atoms with E-state index in [0.717, 1.165) is 12.0 Å². The molecule has 1 fully saturated rings. The van der Waals surface area contributed by atoms with Crippen LogP contribution in [0.15, 0.2) is 35.4 Å². The van der Waals surface area contributed by atoms with Gasteiger partial charge in [-0.15, -0.1) is 0 Å². The quantitative estimate of drug-likeness (QED) is 0.644. The molecule has 1 aromatic carbocycles. The van der Waals surface area contributed by atoms with Crippen molar-refractivity contribution in [3.63, 3.8) is 0 Å². The lowest BCUT2D eigenvalue weighted by molar-refractivity contribution is -0.145. The zero-order valence-electron chi connectivity index (χ0n) is 13.5. The highest BCUT2D eigenvalue weighted by molar-refractivity contribution is 6.04. The van der Waals surface area contributed by atoms with E-state index < -0.39 is 6.10 Å². The average Bonchev–Trinajstić information content (AvgIpc) is 3.03. The van der Waals surface area contributed by atoms with E-state index >= 15 is 0 Å². The van der Waals surface area contributed by atoms with Crippen LogP contribution in [0.2, 0.25) is 0 Å². The van der Waals surface area contributed by atoms with E-state index in [0.29, 0.717) is 25.2 Å². The highest BCUT2D eigenvalue weighted by Gasteiger charge is 2.31. The van der Waals surface area contributed by atoms with Crippen LogP contribution < -0.4 is 5.43 Å². The number of nitrogens with one attached hydrogen (secondary N) is 1. The lowest BCUT2D eigenvalue weighted by Gasteiger charge is -2.15. The highest BCUT2D eigenvalue weighted by Crippen LogP contribution is 2.24. The fourth-order valence-electron chi connectivity index (χ4n) is 2.67. The Hall–Kier alpha value is -2.21. The summed E-state index contributed by atoms with van der Waals surface area (Å²) >= 11 is 0. The predicted molar refractivity (Wildman–Crippen MR) is 85.7 cm³/mol. The third-order valence-corrected chi connectivity index (χ3v) is 3.78. The Morgan fingerprint density at radius 1 is 1.35 bits per heavy atom. The lowest BCUT2D eigenvalue weighted by atomic mass is 10.1. The van der Waals surface area contributed by atoms with E-state index in [4.69, 9.17) is 9.47 Å². The maximum absolute atomic E-state index is 12.3. The first kappa shape index (κ1) is 17.1. The van der Waals surface area contributed by atoms with E-state index in [1.165, 1.54) is 7.11 Å². The molecule has 1 aliphatic carbocycles. The first-order valence-corrected chi connectivity index (χ1v) is 7.78. The number of carbonyl (C=O) groups excluding carboxylic acids is 2. The molecule has 0 heterocycles. The molecule has 0 aliphatic heterocycles. The van der Waals surface area contributed by atoms with E-state index in [1.807, 2.05) is 30.3 Å². The summed E-state index contributed by atoms with van der Waals surface area (Å²) in [5, 5.41) is 4.14. The second-order valence-corrected chi connectivity index (χ2v) is 5.30. The van der Waals surface area contributed by atoms with Gasteiger partial charge in [-0.25, -0.2) is 5.43 Å². The van der Waals surface area contributed by atoms with Crippen LogP contribution in [0.3, 0.4) is 0 Å². The van der Waals surface area contributed by atoms with E-state index in [-0.39, 0.29) is 17.8 Å². The van der Waals surface area contributed by atoms with Crippen LogP contribution in [-0.2, 0) is 19.1 Å². The first-order valence-electron chi connectivity index (χ1n) is 7.78. The van der Waals surface area contributed by atoms with Gasteiger partial charge in [-0.2, -0.15) is 5.10 Å². The van der Waals surface area contributed by atoms with Gasteiger partial charge in [-0.3, -0.25) is 9.59 Å². The molecule has 2 rings (SSSR count). The highest BCUT2D eigenvalue weighted by atomic mass is 16.5. The fraction of sp³-hybridized carbons (Fsp3) is 0.471. The Morgan fingerprint density at radius 2 is 2.09 bits per heavy atom. The molecule has 0 radical (unpaired) electrons. The molecule has 124 valence electrons. The Morgan fingerprint density at radius 3 is 2.74 bits per heavy atom. The van der Waals surface area contributed by atoms with Crippen molar-refractivity contribution in [3.8, 4) is 0 Å². The molecule has 2 atom stereocenters. The minimum Gasteiger partial charge on any atom is -0.465 e. The number of hydrazone groups is 1. The van der Waals surface area contributed by atoms with Crippen molar-refractivity contribution in [2.45, 2.75) is 32.3 Å². The number of hydrogen-bond donors (Lipinski definition) is 1. The van der Waals surface area contributed by atoms with Crippen LogP contribution in [-0.4, -0.2) is 31.3 Å². The van der Waals surface area contributed by atoms with Crippen molar-refractivity contribution >= 4 is 17.6 Å². The number of rotatable bonds is 6. The van der Waals surface area contributed by atoms with E-state index in [2.05, 4.69) is 10.5 Å². The van der Waals surface area contributed by atoms with Gasteiger partial charge in [0, 0.05) is 7.11 Å². The van der Waals surface area contributed by atoms with Crippen molar-refractivity contribution in [2.75, 3.05) is 13.7 Å². The summed E-state index contributed by atoms with van der Waals surface area (Å²) in [5.41, 5.74) is 3.93. The van der Waals surface area contributed by atoms with Gasteiger partial charge in [0.2, 0.25) is 0 Å². The van der Waals surface area contributed by atoms with Crippen molar-refractivity contribution in [1.29, 1.82) is 0 Å². The standard InChI is InChI=1S/C17H22N2O4/c1-3-23-17(21)13-10-7-11-14(13)18-19-16(20)15(22-2)12-8-5-4-6-9-12/h4-6,8-9,13,15H,3,7,10-11H2,1-2H3,(H,19,20)/b18-14-/t13-,15+/m1/s1. The molecule has 1 saturated carbocycles. The largest absolute Gasteiger partial charge is 0.465 e. The third kappa shape index (κ3) is 4.39. The molecule has 1 amide bonds. The minimum atomic E-state index is -0.733. The predicted octanol–water partition coefficient (Wildman–Crippen LogP) is 2.21. The van der Waals surface area contributed by atoms with Crippen LogP contribution in [0, 0.1) is 5.92 Å². The Balaban J connectivity index is 2.03. The smallest absolute Gasteiger partial charge is 0.314 e. The molecule has 1 N–H and O–H groups in total. The van der Waals surface area contributed by atoms with Crippen LogP contribution >= 0.6 is 0 Å². The average molecular weight is 318 g/mol. The first-order chi connectivity index (χ1) is 11.2. The van der Waals surface area contributed by atoms with Gasteiger partial charge >= 0.3 is 5.97 Å². The second kappa shape index (κ2) is 8.43. The molecule has 0 bridgehead atoms. The number of ether oxygens (including phenoxy) is 2. The monoisotopic (exact) mass is 318 g/mol. The van der Waals surface area contributed by atoms with Gasteiger partial charge in [0.15, 0.2) is 6.10 Å². The van der Waals surface area contributed by atoms with Crippen molar-refractivity contribution < 1.29 is 19.1 Å². The third-order valence-electron chi connectivity index (χ3n) is 3.78. The van der Waals surface area contributed by atoms with Gasteiger partial charge in [-0.05, 0) is 31.7 Å². The summed E-state index contributed by atoms with van der Waals surface area (Å²) in [6, 6.07) is 9.19. The van der Waals surface area contributed by atoms with Crippen LogP contribution in [0.5, 0.6) is 0 Å². The fourth-order valence-corrected chi connectivity index (χ4v) is 2.67. The summed E-state index contributed by atoms with van der Waals surface area (Å²) in [5.74, 6) is -0.988. The van der Waals surface area contributed by atoms with Gasteiger partial charge in [0.1, 0.15) is 0 Å². The van der Waals surface area contributed by atoms with Gasteiger partial charge < -0.3 is 9.47 Å². The number of esters is 1. The van der Waals surface area contributed by atoms with Gasteiger partial charge in [0.05, 0.1) is 18.2 Å². The maximum Gasteiger partial charge on any atom is 0.314 e. The van der Waals surface area contributed by atoms with Gasteiger partial charge in [-0.1, -0.05) is 30.3 Å². The summed E-state index contributed by atoms with van der Waals surface area (Å²) in [6.07, 6.45) is 1.53. The van der Waals surface area contributed by atoms with Gasteiger partial charge in [0.25, 0.3) is 5.91 Å². The molecular weight excluding hydrogens is 296 g/mol. The number of nitrogens with zero attached hydrogens (tertiary/aromatic N) is 1. The van der Waals surface area contributed by atoms with Crippen LogP contribution in [0.4, 0.5) is 0 Å². The number of hydrogen-bond acceptors (Lipinski definition) is 5. The summed E-state index contributed by atoms with van der Waals surface area (Å²) < 4.78 is 10.3. The summed E-state index contributed by atoms with van der Waals surface area (Å²) in [6.45, 7) is 2.11. The molecule has 0 aromatic heterocycles. The molecular formula is C17H22N2O4. The number of benzene rings is 1. The van der Waals surface area contributed by atoms with Crippen molar-refractivity contribution in [3.05, 3.63) is 35.9 Å². The molecule has 6 nitrogen and oxygen atoms in total. The SMILES string of the molecule is CCOC(=O)[C@@H]1CCC/C1=N/NC(=O)[C@@H](OC)c1ccccc1. The molecule has 0 saturated heterocycles. The minimum absolute atomic E-state index is 0.274. The number of carbonyl (C=O) groups is 2.